The van der Waals surface area contributed by atoms with Crippen LogP contribution in [0.5, 0.6) is 0 Å². The van der Waals surface area contributed by atoms with E-state index in [1.54, 1.807) is 0 Å². The van der Waals surface area contributed by atoms with Gasteiger partial charge < -0.3 is 0 Å². The van der Waals surface area contributed by atoms with E-state index in [0.29, 0.717) is 6.42 Å². The maximum Gasteiger partial charge on any atom is 0.107 e. The molecule has 0 saturated carbocycles. The zero-order valence-electron chi connectivity index (χ0n) is 11.1. The predicted molar refractivity (Wildman–Crippen MR) is 76.9 cm³/mol. The van der Waals surface area contributed by atoms with Crippen molar-refractivity contribution in [1.29, 1.82) is 10.5 Å². The minimum Gasteiger partial charge on any atom is -0.198 e. The van der Waals surface area contributed by atoms with Gasteiger partial charge in [0.15, 0.2) is 0 Å². The van der Waals surface area contributed by atoms with Crippen LogP contribution in [0.25, 0.3) is 0 Å². The molecule has 0 spiro atoms. The molecular weight excluding hydrogens is 244 g/mol. The molecule has 2 atom stereocenters. The van der Waals surface area contributed by atoms with Crippen LogP contribution in [0, 0.1) is 22.7 Å². The zero-order valence-corrected chi connectivity index (χ0v) is 11.1. The van der Waals surface area contributed by atoms with Crippen LogP contribution in [-0.4, -0.2) is 0 Å². The molecule has 0 aromatic heterocycles. The fraction of sp³-hybridized carbons (Fsp3) is 0.222. The lowest BCUT2D eigenvalue weighted by Crippen LogP contribution is -2.32. The second kappa shape index (κ2) is 4.83. The van der Waals surface area contributed by atoms with Crippen LogP contribution >= 0.6 is 0 Å². The molecule has 20 heavy (non-hydrogen) atoms. The zero-order chi connectivity index (χ0) is 14.0. The summed E-state index contributed by atoms with van der Waals surface area (Å²) in [6.07, 6.45) is 1.43. The predicted octanol–water partition coefficient (Wildman–Crippen LogP) is 3.90. The average Bonchev–Trinajstić information content (AvgIpc) is 2.54. The molecule has 0 aliphatic heterocycles. The Morgan fingerprint density at radius 1 is 0.950 bits per heavy atom. The summed E-state index contributed by atoms with van der Waals surface area (Å²) in [6.45, 7) is 0. The van der Waals surface area contributed by atoms with Crippen molar-refractivity contribution in [2.75, 3.05) is 0 Å². The first-order valence-corrected chi connectivity index (χ1v) is 6.77. The largest absolute Gasteiger partial charge is 0.198 e. The van der Waals surface area contributed by atoms with E-state index in [-0.39, 0.29) is 5.92 Å². The number of hydrogen-bond donors (Lipinski definition) is 0. The van der Waals surface area contributed by atoms with Gasteiger partial charge in [-0.3, -0.25) is 0 Å². The van der Waals surface area contributed by atoms with Gasteiger partial charge in [-0.05, 0) is 29.5 Å². The van der Waals surface area contributed by atoms with Gasteiger partial charge in [0.1, 0.15) is 5.41 Å². The maximum atomic E-state index is 9.87. The summed E-state index contributed by atoms with van der Waals surface area (Å²) >= 11 is 0. The highest BCUT2D eigenvalue weighted by Gasteiger charge is 2.41. The summed E-state index contributed by atoms with van der Waals surface area (Å²) in [7, 11) is 0. The van der Waals surface area contributed by atoms with Crippen molar-refractivity contribution < 1.29 is 0 Å². The van der Waals surface area contributed by atoms with Crippen molar-refractivity contribution in [2.24, 2.45) is 0 Å². The lowest BCUT2D eigenvalue weighted by Gasteiger charge is -2.35. The Morgan fingerprint density at radius 3 is 2.35 bits per heavy atom. The Hall–Kier alpha value is -2.58. The monoisotopic (exact) mass is 258 g/mol. The van der Waals surface area contributed by atoms with E-state index in [0.717, 1.165) is 23.1 Å². The number of fused-ring (bicyclic) bond motifs is 1. The van der Waals surface area contributed by atoms with Gasteiger partial charge in [-0.25, -0.2) is 0 Å². The molecule has 2 aromatic carbocycles. The van der Waals surface area contributed by atoms with E-state index in [1.807, 2.05) is 54.6 Å². The third kappa shape index (κ3) is 1.70. The summed E-state index contributed by atoms with van der Waals surface area (Å²) in [4.78, 5) is 0. The third-order valence-electron chi connectivity index (χ3n) is 4.22. The quantitative estimate of drug-likeness (QED) is 0.778. The molecule has 0 heterocycles. The average molecular weight is 258 g/mol. The highest BCUT2D eigenvalue weighted by atomic mass is 14.5. The standard InChI is InChI=1S/C18H14N2/c19-12-14-10-11-18(13-20,15-6-2-1-3-7-15)17-9-5-4-8-16(14)17/h1-9,14H,10-11H2/t14-,18-/m1/s1. The van der Waals surface area contributed by atoms with Crippen LogP contribution < -0.4 is 0 Å². The fourth-order valence-corrected chi connectivity index (χ4v) is 3.18. The molecule has 3 rings (SSSR count). The Balaban J connectivity index is 2.25. The van der Waals surface area contributed by atoms with Crippen molar-refractivity contribution in [2.45, 2.75) is 24.2 Å². The van der Waals surface area contributed by atoms with E-state index >= 15 is 0 Å². The molecule has 0 unspecified atom stereocenters. The molecule has 2 nitrogen and oxygen atoms in total. The highest BCUT2D eigenvalue weighted by molar-refractivity contribution is 5.53. The van der Waals surface area contributed by atoms with Crippen molar-refractivity contribution in [3.63, 3.8) is 0 Å². The van der Waals surface area contributed by atoms with Gasteiger partial charge in [0.2, 0.25) is 0 Å². The minimum atomic E-state index is -0.620. The first-order valence-electron chi connectivity index (χ1n) is 6.77. The molecule has 2 aromatic rings. The lowest BCUT2D eigenvalue weighted by molar-refractivity contribution is 0.500. The Bertz CT molecular complexity index is 706. The molecular formula is C18H14N2. The molecule has 96 valence electrons. The van der Waals surface area contributed by atoms with Crippen LogP contribution in [0.2, 0.25) is 0 Å². The topological polar surface area (TPSA) is 47.6 Å². The Morgan fingerprint density at radius 2 is 1.65 bits per heavy atom. The van der Waals surface area contributed by atoms with Crippen molar-refractivity contribution in [1.82, 2.24) is 0 Å². The molecule has 0 amide bonds. The van der Waals surface area contributed by atoms with E-state index < -0.39 is 5.41 Å². The van der Waals surface area contributed by atoms with Crippen molar-refractivity contribution in [3.05, 3.63) is 71.3 Å². The fourth-order valence-electron chi connectivity index (χ4n) is 3.18. The number of hydrogen-bond acceptors (Lipinski definition) is 2. The number of benzene rings is 2. The molecule has 2 heteroatoms. The van der Waals surface area contributed by atoms with E-state index in [4.69, 9.17) is 0 Å². The van der Waals surface area contributed by atoms with Gasteiger partial charge in [0.25, 0.3) is 0 Å². The second-order valence-corrected chi connectivity index (χ2v) is 5.19. The van der Waals surface area contributed by atoms with Gasteiger partial charge in [0.05, 0.1) is 18.1 Å². The molecule has 1 aliphatic rings. The van der Waals surface area contributed by atoms with Crippen LogP contribution in [0.3, 0.4) is 0 Å². The third-order valence-corrected chi connectivity index (χ3v) is 4.22. The number of nitrogens with zero attached hydrogens (tertiary/aromatic N) is 2. The number of nitriles is 2. The minimum absolute atomic E-state index is 0.101. The molecule has 0 saturated heterocycles. The van der Waals surface area contributed by atoms with Gasteiger partial charge in [0, 0.05) is 0 Å². The van der Waals surface area contributed by atoms with Crippen LogP contribution in [-0.2, 0) is 5.41 Å². The summed E-state index contributed by atoms with van der Waals surface area (Å²) in [5.74, 6) is -0.101. The van der Waals surface area contributed by atoms with E-state index in [1.165, 1.54) is 0 Å². The smallest absolute Gasteiger partial charge is 0.107 e. The Labute approximate surface area is 118 Å². The molecule has 1 aliphatic carbocycles. The normalized spacial score (nSPS) is 24.2. The summed E-state index contributed by atoms with van der Waals surface area (Å²) in [5.41, 5.74) is 2.40. The first kappa shape index (κ1) is 12.5. The van der Waals surface area contributed by atoms with Crippen molar-refractivity contribution in [3.8, 4) is 12.1 Å². The molecule has 0 N–H and O–H groups in total. The van der Waals surface area contributed by atoms with E-state index in [2.05, 4.69) is 12.1 Å². The molecule has 0 bridgehead atoms. The van der Waals surface area contributed by atoms with Gasteiger partial charge >= 0.3 is 0 Å². The SMILES string of the molecule is N#C[C@H]1CC[C@@](C#N)(c2ccccc2)c2ccccc21. The summed E-state index contributed by atoms with van der Waals surface area (Å²) in [5, 5.41) is 19.2. The molecule has 0 radical (unpaired) electrons. The van der Waals surface area contributed by atoms with Gasteiger partial charge in [-0.15, -0.1) is 0 Å². The number of rotatable bonds is 1. The van der Waals surface area contributed by atoms with Gasteiger partial charge in [-0.2, -0.15) is 10.5 Å². The van der Waals surface area contributed by atoms with Crippen molar-refractivity contribution >= 4 is 0 Å². The van der Waals surface area contributed by atoms with Crippen LogP contribution in [0.1, 0.15) is 35.4 Å². The summed E-state index contributed by atoms with van der Waals surface area (Å²) in [6, 6.07) is 22.7. The maximum absolute atomic E-state index is 9.87. The van der Waals surface area contributed by atoms with Gasteiger partial charge in [-0.1, -0.05) is 54.6 Å². The molecule has 0 fully saturated rings. The second-order valence-electron chi connectivity index (χ2n) is 5.19. The van der Waals surface area contributed by atoms with E-state index in [9.17, 15) is 10.5 Å². The lowest BCUT2D eigenvalue weighted by atomic mass is 9.64. The Kier molecular flexibility index (Phi) is 3.01. The highest BCUT2D eigenvalue weighted by Crippen LogP contribution is 2.46. The first-order chi connectivity index (χ1) is 9.81. The van der Waals surface area contributed by atoms with Crippen LogP contribution in [0.15, 0.2) is 54.6 Å². The summed E-state index contributed by atoms with van der Waals surface area (Å²) < 4.78 is 0. The van der Waals surface area contributed by atoms with Crippen LogP contribution in [0.4, 0.5) is 0 Å².